The van der Waals surface area contributed by atoms with E-state index >= 15 is 0 Å². The van der Waals surface area contributed by atoms with Crippen LogP contribution < -0.4 is 15.5 Å². The normalized spacial score (nSPS) is 24.2. The molecule has 35 heavy (non-hydrogen) atoms. The summed E-state index contributed by atoms with van der Waals surface area (Å²) in [7, 11) is 0. The van der Waals surface area contributed by atoms with Crippen molar-refractivity contribution in [2.75, 3.05) is 42.6 Å². The third-order valence-electron chi connectivity index (χ3n) is 7.68. The van der Waals surface area contributed by atoms with Gasteiger partial charge in [0, 0.05) is 67.3 Å². The Morgan fingerprint density at radius 1 is 1.17 bits per heavy atom. The zero-order valence-electron chi connectivity index (χ0n) is 19.5. The monoisotopic (exact) mass is 510 g/mol. The van der Waals surface area contributed by atoms with E-state index < -0.39 is 0 Å². The van der Waals surface area contributed by atoms with Crippen molar-refractivity contribution in [1.29, 1.82) is 5.26 Å². The van der Waals surface area contributed by atoms with E-state index in [1.807, 2.05) is 23.4 Å². The quantitative estimate of drug-likeness (QED) is 0.565. The number of hydrogen-bond acceptors (Lipinski definition) is 9. The molecule has 3 aliphatic rings. The van der Waals surface area contributed by atoms with Crippen LogP contribution in [0.2, 0.25) is 5.02 Å². The number of ether oxygens (including phenoxy) is 1. The van der Waals surface area contributed by atoms with E-state index in [-0.39, 0.29) is 23.5 Å². The number of rotatable bonds is 4. The molecule has 0 unspecified atom stereocenters. The molecular weight excluding hydrogens is 484 g/mol. The predicted octanol–water partition coefficient (Wildman–Crippen LogP) is 3.22. The fourth-order valence-electron chi connectivity index (χ4n) is 5.38. The molecule has 2 N–H and O–H groups in total. The second-order valence-corrected chi connectivity index (χ2v) is 11.2. The van der Waals surface area contributed by atoms with Crippen molar-refractivity contribution in [3.63, 3.8) is 0 Å². The highest BCUT2D eigenvalue weighted by molar-refractivity contribution is 7.99. The van der Waals surface area contributed by atoms with E-state index in [1.54, 1.807) is 12.4 Å². The summed E-state index contributed by atoms with van der Waals surface area (Å²) in [5.41, 5.74) is 7.41. The van der Waals surface area contributed by atoms with E-state index in [0.29, 0.717) is 18.1 Å². The lowest BCUT2D eigenvalue weighted by atomic mass is 9.73. The second kappa shape index (κ2) is 8.82. The summed E-state index contributed by atoms with van der Waals surface area (Å²) >= 11 is 8.26. The number of halogens is 1. The number of nitriles is 1. The smallest absolute Gasteiger partial charge is 0.211 e. The molecule has 0 aliphatic carbocycles. The molecule has 6 rings (SSSR count). The van der Waals surface area contributed by atoms with Gasteiger partial charge in [0.2, 0.25) is 5.95 Å². The maximum absolute atomic E-state index is 9.08. The number of hydrogen-bond donors (Lipinski definition) is 1. The Kier molecular flexibility index (Phi) is 5.76. The van der Waals surface area contributed by atoms with Crippen molar-refractivity contribution < 1.29 is 4.74 Å². The van der Waals surface area contributed by atoms with Crippen molar-refractivity contribution in [2.45, 2.75) is 41.7 Å². The molecule has 0 bridgehead atoms. The largest absolute Gasteiger partial charge is 0.376 e. The highest BCUT2D eigenvalue weighted by Crippen LogP contribution is 2.43. The lowest BCUT2D eigenvalue weighted by Gasteiger charge is -2.41. The maximum atomic E-state index is 9.08. The SMILES string of the molecule is C[C@@H]1OCC2(CCN(c3ncc(Sc4ccnc(N5CC(C#N)C5)c4Cl)c4nccn34)CC2)[C@@H]1N. The maximum Gasteiger partial charge on any atom is 0.211 e. The fraction of sp³-hybridized carbons (Fsp3) is 0.500. The number of nitrogens with two attached hydrogens (primary N) is 1. The van der Waals surface area contributed by atoms with Crippen LogP contribution in [0.4, 0.5) is 11.8 Å². The molecule has 3 saturated heterocycles. The number of fused-ring (bicyclic) bond motifs is 1. The van der Waals surface area contributed by atoms with Crippen LogP contribution in [0, 0.1) is 22.7 Å². The van der Waals surface area contributed by atoms with Gasteiger partial charge in [-0.3, -0.25) is 4.40 Å². The zero-order valence-corrected chi connectivity index (χ0v) is 21.0. The fourth-order valence-corrected chi connectivity index (χ4v) is 6.62. The van der Waals surface area contributed by atoms with E-state index in [4.69, 9.17) is 32.3 Å². The van der Waals surface area contributed by atoms with Gasteiger partial charge in [-0.2, -0.15) is 5.26 Å². The lowest BCUT2D eigenvalue weighted by Crippen LogP contribution is -2.51. The molecule has 3 aliphatic heterocycles. The molecule has 2 atom stereocenters. The number of anilines is 2. The zero-order chi connectivity index (χ0) is 24.2. The van der Waals surface area contributed by atoms with Crippen LogP contribution >= 0.6 is 23.4 Å². The summed E-state index contributed by atoms with van der Waals surface area (Å²) in [5.74, 6) is 1.65. The van der Waals surface area contributed by atoms with Crippen LogP contribution in [0.25, 0.3) is 5.65 Å². The highest BCUT2D eigenvalue weighted by atomic mass is 35.5. The van der Waals surface area contributed by atoms with Gasteiger partial charge < -0.3 is 20.3 Å². The average Bonchev–Trinajstić information content (AvgIpc) is 3.44. The summed E-state index contributed by atoms with van der Waals surface area (Å²) in [6, 6.07) is 4.28. The standard InChI is InChI=1S/C24H27ClN8OS/c1-15-20(27)24(14-34-15)3-7-31(8-4-24)23-30-11-18(21-29-6-9-33(21)23)35-17-2-5-28-22(19(17)25)32-12-16(10-26)13-32/h2,5-6,9,11,15-16,20H,3-4,7-8,12-14,27H2,1H3/t15-,20+/m0/s1. The first-order valence-corrected chi connectivity index (χ1v) is 13.1. The first kappa shape index (κ1) is 22.9. The van der Waals surface area contributed by atoms with Gasteiger partial charge in [-0.05, 0) is 25.8 Å². The molecule has 9 nitrogen and oxygen atoms in total. The minimum Gasteiger partial charge on any atom is -0.376 e. The molecule has 3 aromatic heterocycles. The van der Waals surface area contributed by atoms with Crippen LogP contribution in [0.15, 0.2) is 40.6 Å². The third-order valence-corrected chi connectivity index (χ3v) is 9.23. The summed E-state index contributed by atoms with van der Waals surface area (Å²) in [5, 5.41) is 9.67. The number of aromatic nitrogens is 4. The van der Waals surface area contributed by atoms with Gasteiger partial charge in [0.25, 0.3) is 0 Å². The van der Waals surface area contributed by atoms with Gasteiger partial charge in [0.05, 0.1) is 34.6 Å². The van der Waals surface area contributed by atoms with Crippen molar-refractivity contribution in [2.24, 2.45) is 17.1 Å². The molecule has 3 fully saturated rings. The summed E-state index contributed by atoms with van der Waals surface area (Å²) in [6.07, 6.45) is 9.50. The predicted molar refractivity (Wildman–Crippen MR) is 135 cm³/mol. The van der Waals surface area contributed by atoms with E-state index in [9.17, 15) is 0 Å². The Morgan fingerprint density at radius 3 is 2.69 bits per heavy atom. The molecule has 0 saturated carbocycles. The van der Waals surface area contributed by atoms with E-state index in [0.717, 1.165) is 59.7 Å². The molecule has 0 amide bonds. The van der Waals surface area contributed by atoms with Crippen LogP contribution in [0.3, 0.4) is 0 Å². The van der Waals surface area contributed by atoms with Crippen LogP contribution in [-0.2, 0) is 4.74 Å². The Bertz CT molecular complexity index is 1290. The first-order valence-electron chi connectivity index (χ1n) is 11.9. The number of nitrogens with zero attached hydrogens (tertiary/aromatic N) is 7. The lowest BCUT2D eigenvalue weighted by molar-refractivity contribution is 0.0973. The van der Waals surface area contributed by atoms with Gasteiger partial charge in [0.15, 0.2) is 5.65 Å². The van der Waals surface area contributed by atoms with Gasteiger partial charge in [-0.1, -0.05) is 23.4 Å². The Morgan fingerprint density at radius 2 is 1.97 bits per heavy atom. The molecule has 1 spiro atoms. The summed E-state index contributed by atoms with van der Waals surface area (Å²) < 4.78 is 7.93. The minimum atomic E-state index is 0.0375. The molecule has 182 valence electrons. The molecule has 0 radical (unpaired) electrons. The van der Waals surface area contributed by atoms with Gasteiger partial charge >= 0.3 is 0 Å². The van der Waals surface area contributed by atoms with Gasteiger partial charge in [-0.25, -0.2) is 15.0 Å². The highest BCUT2D eigenvalue weighted by Gasteiger charge is 2.47. The topological polar surface area (TPSA) is 109 Å². The molecule has 3 aromatic rings. The van der Waals surface area contributed by atoms with Crippen LogP contribution in [0.1, 0.15) is 19.8 Å². The molecule has 0 aromatic carbocycles. The Hall–Kier alpha value is -2.58. The Balaban J connectivity index is 1.23. The Labute approximate surface area is 213 Å². The van der Waals surface area contributed by atoms with Crippen LogP contribution in [0.5, 0.6) is 0 Å². The van der Waals surface area contributed by atoms with E-state index in [2.05, 4.69) is 32.3 Å². The number of imidazole rings is 1. The summed E-state index contributed by atoms with van der Waals surface area (Å²) in [4.78, 5) is 20.1. The van der Waals surface area contributed by atoms with Gasteiger partial charge in [0.1, 0.15) is 5.82 Å². The number of piperidine rings is 1. The van der Waals surface area contributed by atoms with Crippen molar-refractivity contribution in [3.8, 4) is 6.07 Å². The molecule has 6 heterocycles. The van der Waals surface area contributed by atoms with E-state index in [1.165, 1.54) is 11.8 Å². The summed E-state index contributed by atoms with van der Waals surface area (Å²) in [6.45, 7) is 5.90. The molecular formula is C24H27ClN8OS. The van der Waals surface area contributed by atoms with Crippen LogP contribution in [-0.4, -0.2) is 64.3 Å². The van der Waals surface area contributed by atoms with Gasteiger partial charge in [-0.15, -0.1) is 0 Å². The number of pyridine rings is 1. The molecule has 11 heteroatoms. The van der Waals surface area contributed by atoms with Crippen molar-refractivity contribution in [1.82, 2.24) is 19.4 Å². The second-order valence-electron chi connectivity index (χ2n) is 9.71. The van der Waals surface area contributed by atoms with Crippen molar-refractivity contribution >= 4 is 40.8 Å². The third kappa shape index (κ3) is 3.82. The first-order chi connectivity index (χ1) is 17.0. The minimum absolute atomic E-state index is 0.0375. The average molecular weight is 511 g/mol. The van der Waals surface area contributed by atoms with Crippen molar-refractivity contribution in [3.05, 3.63) is 35.9 Å².